The molecule has 0 spiro atoms. The molecule has 3 N–H and O–H groups in total. The lowest BCUT2D eigenvalue weighted by Crippen LogP contribution is -2.87. The first kappa shape index (κ1) is 17.6. The average Bonchev–Trinajstić information content (AvgIpc) is 2.59. The number of quaternary nitrogens is 1. The Morgan fingerprint density at radius 2 is 1.60 bits per heavy atom. The number of aryl methyl sites for hydroxylation is 2. The molecule has 0 saturated heterocycles. The van der Waals surface area contributed by atoms with Gasteiger partial charge in [-0.1, -0.05) is 0 Å². The maximum Gasteiger partial charge on any atom is 0.161 e. The van der Waals surface area contributed by atoms with E-state index in [0.29, 0.717) is 19.0 Å². The van der Waals surface area contributed by atoms with Crippen LogP contribution in [0.5, 0.6) is 17.2 Å². The van der Waals surface area contributed by atoms with E-state index in [9.17, 15) is 5.11 Å². The highest BCUT2D eigenvalue weighted by atomic mass is 16.5. The van der Waals surface area contributed by atoms with Gasteiger partial charge in [0, 0.05) is 17.5 Å². The maximum absolute atomic E-state index is 10.1. The number of phenols is 1. The van der Waals surface area contributed by atoms with Crippen molar-refractivity contribution < 1.29 is 19.9 Å². The molecule has 3 rings (SSSR count). The van der Waals surface area contributed by atoms with Crippen molar-refractivity contribution in [1.82, 2.24) is 0 Å². The minimum atomic E-state index is 0.219. The molecule has 0 saturated carbocycles. The number of aromatic hydroxyl groups is 1. The number of hydrogen-bond acceptors (Lipinski definition) is 3. The molecule has 2 aromatic carbocycles. The molecule has 134 valence electrons. The number of phenolic OH excluding ortho intramolecular Hbond substituents is 1. The molecule has 2 aromatic rings. The van der Waals surface area contributed by atoms with E-state index in [1.54, 1.807) is 0 Å². The number of benzene rings is 2. The summed E-state index contributed by atoms with van der Waals surface area (Å²) in [5.74, 6) is 2.04. The summed E-state index contributed by atoms with van der Waals surface area (Å²) in [6.45, 7) is 10.2. The van der Waals surface area contributed by atoms with Gasteiger partial charge in [-0.05, 0) is 68.7 Å². The van der Waals surface area contributed by atoms with Crippen molar-refractivity contribution in [1.29, 1.82) is 0 Å². The Kier molecular flexibility index (Phi) is 5.19. The molecule has 1 heterocycles. The molecule has 1 atom stereocenters. The first-order valence-electron chi connectivity index (χ1n) is 9.11. The third kappa shape index (κ3) is 3.45. The second-order valence-corrected chi connectivity index (χ2v) is 6.62. The summed E-state index contributed by atoms with van der Waals surface area (Å²) < 4.78 is 11.6. The van der Waals surface area contributed by atoms with Gasteiger partial charge in [-0.2, -0.15) is 0 Å². The summed E-state index contributed by atoms with van der Waals surface area (Å²) in [5.41, 5.74) is 5.67. The zero-order valence-electron chi connectivity index (χ0n) is 15.6. The number of hydrogen-bond donors (Lipinski definition) is 2. The van der Waals surface area contributed by atoms with Crippen molar-refractivity contribution in [3.8, 4) is 17.2 Å². The summed E-state index contributed by atoms with van der Waals surface area (Å²) in [5, 5.41) is 12.5. The fourth-order valence-corrected chi connectivity index (χ4v) is 3.68. The molecule has 0 fully saturated rings. The van der Waals surface area contributed by atoms with Crippen molar-refractivity contribution in [3.05, 3.63) is 52.1 Å². The third-order valence-electron chi connectivity index (χ3n) is 4.83. The van der Waals surface area contributed by atoms with Gasteiger partial charge in [0.15, 0.2) is 11.5 Å². The van der Waals surface area contributed by atoms with Crippen LogP contribution >= 0.6 is 0 Å². The lowest BCUT2D eigenvalue weighted by atomic mass is 9.88. The smallest absolute Gasteiger partial charge is 0.161 e. The molecule has 1 aliphatic heterocycles. The minimum Gasteiger partial charge on any atom is -0.507 e. The molecule has 0 amide bonds. The monoisotopic (exact) mass is 342 g/mol. The number of fused-ring (bicyclic) bond motifs is 1. The van der Waals surface area contributed by atoms with Crippen molar-refractivity contribution in [3.63, 3.8) is 0 Å². The zero-order valence-corrected chi connectivity index (χ0v) is 15.6. The summed E-state index contributed by atoms with van der Waals surface area (Å²) in [4.78, 5) is 0. The predicted octanol–water partition coefficient (Wildman–Crippen LogP) is 3.02. The molecule has 0 bridgehead atoms. The molecule has 1 aliphatic rings. The third-order valence-corrected chi connectivity index (χ3v) is 4.83. The first-order valence-corrected chi connectivity index (χ1v) is 9.11. The van der Waals surface area contributed by atoms with E-state index in [-0.39, 0.29) is 6.04 Å². The van der Waals surface area contributed by atoms with Crippen LogP contribution in [0.2, 0.25) is 0 Å². The molecule has 0 unspecified atom stereocenters. The number of rotatable bonds is 5. The average molecular weight is 342 g/mol. The summed E-state index contributed by atoms with van der Waals surface area (Å²) in [7, 11) is 0. The minimum absolute atomic E-state index is 0.219. The lowest BCUT2D eigenvalue weighted by molar-refractivity contribution is -0.690. The van der Waals surface area contributed by atoms with Crippen LogP contribution in [0.4, 0.5) is 0 Å². The van der Waals surface area contributed by atoms with Crippen LogP contribution in [-0.2, 0) is 6.42 Å². The quantitative estimate of drug-likeness (QED) is 0.878. The largest absolute Gasteiger partial charge is 0.507 e. The molecule has 0 aromatic heterocycles. The topological polar surface area (TPSA) is 55.3 Å². The van der Waals surface area contributed by atoms with Crippen molar-refractivity contribution >= 4 is 0 Å². The van der Waals surface area contributed by atoms with Gasteiger partial charge >= 0.3 is 0 Å². The molecule has 0 aliphatic carbocycles. The molecular formula is C21H28NO3+. The summed E-state index contributed by atoms with van der Waals surface area (Å²) >= 11 is 0. The van der Waals surface area contributed by atoms with Crippen LogP contribution in [0.1, 0.15) is 47.7 Å². The van der Waals surface area contributed by atoms with Crippen molar-refractivity contribution in [2.75, 3.05) is 19.8 Å². The van der Waals surface area contributed by atoms with E-state index in [2.05, 4.69) is 29.6 Å². The Hall–Kier alpha value is -2.20. The normalized spacial score (nSPS) is 16.4. The Labute approximate surface area is 149 Å². The Balaban J connectivity index is 2.08. The van der Waals surface area contributed by atoms with E-state index < -0.39 is 0 Å². The summed E-state index contributed by atoms with van der Waals surface area (Å²) in [6.07, 6.45) is 1.02. The lowest BCUT2D eigenvalue weighted by Gasteiger charge is -2.26. The molecule has 0 radical (unpaired) electrons. The number of nitrogens with two attached hydrogens (primary N) is 1. The molecule has 4 heteroatoms. The van der Waals surface area contributed by atoms with Gasteiger partial charge in [0.1, 0.15) is 11.8 Å². The first-order chi connectivity index (χ1) is 12.0. The van der Waals surface area contributed by atoms with Gasteiger partial charge < -0.3 is 19.9 Å². The van der Waals surface area contributed by atoms with E-state index in [0.717, 1.165) is 35.6 Å². The van der Waals surface area contributed by atoms with Crippen LogP contribution in [0.25, 0.3) is 0 Å². The van der Waals surface area contributed by atoms with Crippen LogP contribution in [0.15, 0.2) is 24.3 Å². The van der Waals surface area contributed by atoms with E-state index in [1.807, 2.05) is 27.7 Å². The number of ether oxygens (including phenoxy) is 2. The second-order valence-electron chi connectivity index (χ2n) is 6.62. The van der Waals surface area contributed by atoms with E-state index in [4.69, 9.17) is 9.47 Å². The van der Waals surface area contributed by atoms with Crippen LogP contribution < -0.4 is 14.8 Å². The van der Waals surface area contributed by atoms with Gasteiger partial charge in [0.25, 0.3) is 0 Å². The van der Waals surface area contributed by atoms with Gasteiger partial charge in [0.2, 0.25) is 0 Å². The zero-order chi connectivity index (χ0) is 18.0. The molecule has 25 heavy (non-hydrogen) atoms. The van der Waals surface area contributed by atoms with Gasteiger partial charge in [0.05, 0.1) is 19.8 Å². The van der Waals surface area contributed by atoms with Crippen LogP contribution in [-0.4, -0.2) is 24.9 Å². The van der Waals surface area contributed by atoms with E-state index in [1.165, 1.54) is 16.7 Å². The van der Waals surface area contributed by atoms with Gasteiger partial charge in [-0.25, -0.2) is 0 Å². The second kappa shape index (κ2) is 7.36. The van der Waals surface area contributed by atoms with E-state index >= 15 is 0 Å². The maximum atomic E-state index is 10.1. The highest BCUT2D eigenvalue weighted by Gasteiger charge is 2.28. The fraction of sp³-hybridized carbons (Fsp3) is 0.429. The van der Waals surface area contributed by atoms with Crippen molar-refractivity contribution in [2.24, 2.45) is 0 Å². The fourth-order valence-electron chi connectivity index (χ4n) is 3.68. The standard InChI is InChI=1S/C21H27NO3/c1-5-24-18-11-15-7-8-22-20(17(15)12-19(18)25-6-2)16-9-13(3)21(23)14(4)10-16/h9-12,20,22-23H,5-8H2,1-4H3/p+1/t20-/m0/s1. The SMILES string of the molecule is CCOc1cc2c(cc1OCC)[C@H](c1cc(C)c(O)c(C)c1)[NH2+]CC2. The van der Waals surface area contributed by atoms with Crippen LogP contribution in [0.3, 0.4) is 0 Å². The predicted molar refractivity (Wildman–Crippen MR) is 98.7 cm³/mol. The molecular weight excluding hydrogens is 314 g/mol. The Morgan fingerprint density at radius 1 is 1.00 bits per heavy atom. The Morgan fingerprint density at radius 3 is 2.20 bits per heavy atom. The Bertz CT molecular complexity index is 747. The van der Waals surface area contributed by atoms with Crippen LogP contribution in [0, 0.1) is 13.8 Å². The summed E-state index contributed by atoms with van der Waals surface area (Å²) in [6, 6.07) is 8.69. The van der Waals surface area contributed by atoms with Gasteiger partial charge in [-0.15, -0.1) is 0 Å². The van der Waals surface area contributed by atoms with Crippen molar-refractivity contribution in [2.45, 2.75) is 40.2 Å². The molecule has 4 nitrogen and oxygen atoms in total. The highest BCUT2D eigenvalue weighted by Crippen LogP contribution is 2.37. The van der Waals surface area contributed by atoms with Gasteiger partial charge in [-0.3, -0.25) is 0 Å². The highest BCUT2D eigenvalue weighted by molar-refractivity contribution is 5.52.